The summed E-state index contributed by atoms with van der Waals surface area (Å²) in [6.07, 6.45) is 4.41. The van der Waals surface area contributed by atoms with Crippen LogP contribution in [0.25, 0.3) is 11.4 Å². The van der Waals surface area contributed by atoms with E-state index in [1.54, 1.807) is 6.07 Å². The molecular weight excluding hydrogens is 338 g/mol. The van der Waals surface area contributed by atoms with Gasteiger partial charge in [0.1, 0.15) is 5.82 Å². The summed E-state index contributed by atoms with van der Waals surface area (Å²) < 4.78 is 2.16. The van der Waals surface area contributed by atoms with Gasteiger partial charge in [-0.05, 0) is 38.1 Å². The number of nitrogens with zero attached hydrogens (tertiary/aromatic N) is 3. The Balaban J connectivity index is 1.88. The lowest BCUT2D eigenvalue weighted by Gasteiger charge is -2.13. The van der Waals surface area contributed by atoms with Crippen molar-refractivity contribution in [1.82, 2.24) is 20.1 Å². The molecule has 25 heavy (non-hydrogen) atoms. The molecule has 2 heterocycles. The molecule has 0 bridgehead atoms. The minimum atomic E-state index is -0.117. The molecule has 0 fully saturated rings. The van der Waals surface area contributed by atoms with E-state index >= 15 is 0 Å². The highest BCUT2D eigenvalue weighted by Crippen LogP contribution is 2.31. The third-order valence-electron chi connectivity index (χ3n) is 4.54. The van der Waals surface area contributed by atoms with E-state index in [1.165, 1.54) is 6.42 Å². The summed E-state index contributed by atoms with van der Waals surface area (Å²) in [6, 6.07) is 5.50. The number of halogens is 1. The maximum Gasteiger partial charge on any atom is 0.228 e. The van der Waals surface area contributed by atoms with Crippen LogP contribution in [0, 0.1) is 5.92 Å². The molecule has 0 aliphatic carbocycles. The number of carbonyl (C=O) groups excluding carboxylic acids is 1. The van der Waals surface area contributed by atoms with Gasteiger partial charge in [0.05, 0.1) is 5.02 Å². The standard InChI is InChI=1S/C18H24ClN5O/c1-12(11-20-2)18(25)21-13-7-8-15(19)14(10-13)17-23-22-16-6-4-3-5-9-24(16)17/h7-8,10,12,20H,3-6,9,11H2,1-2H3,(H,21,25). The number of benzene rings is 1. The van der Waals surface area contributed by atoms with Crippen molar-refractivity contribution < 1.29 is 4.79 Å². The molecular formula is C18H24ClN5O. The highest BCUT2D eigenvalue weighted by atomic mass is 35.5. The zero-order valence-corrected chi connectivity index (χ0v) is 15.4. The van der Waals surface area contributed by atoms with Gasteiger partial charge in [0.25, 0.3) is 0 Å². The number of hydrogen-bond donors (Lipinski definition) is 2. The topological polar surface area (TPSA) is 71.8 Å². The zero-order valence-electron chi connectivity index (χ0n) is 14.7. The Labute approximate surface area is 153 Å². The van der Waals surface area contributed by atoms with Crippen molar-refractivity contribution in [3.8, 4) is 11.4 Å². The number of nitrogens with one attached hydrogen (secondary N) is 2. The molecule has 2 aromatic rings. The Kier molecular flexibility index (Phi) is 5.71. The van der Waals surface area contributed by atoms with Crippen LogP contribution in [0.4, 0.5) is 5.69 Å². The number of amides is 1. The number of aryl methyl sites for hydroxylation is 1. The van der Waals surface area contributed by atoms with Gasteiger partial charge in [-0.2, -0.15) is 0 Å². The van der Waals surface area contributed by atoms with Gasteiger partial charge in [-0.3, -0.25) is 4.79 Å². The van der Waals surface area contributed by atoms with E-state index in [-0.39, 0.29) is 11.8 Å². The molecule has 3 rings (SSSR count). The third-order valence-corrected chi connectivity index (χ3v) is 4.87. The smallest absolute Gasteiger partial charge is 0.228 e. The minimum absolute atomic E-state index is 0.0253. The van der Waals surface area contributed by atoms with Crippen LogP contribution in [0.1, 0.15) is 32.0 Å². The van der Waals surface area contributed by atoms with Crippen molar-refractivity contribution in [2.45, 2.75) is 39.2 Å². The first-order chi connectivity index (χ1) is 12.1. The van der Waals surface area contributed by atoms with Crippen molar-refractivity contribution in [3.63, 3.8) is 0 Å². The molecule has 1 unspecified atom stereocenters. The van der Waals surface area contributed by atoms with Crippen molar-refractivity contribution in [2.24, 2.45) is 5.92 Å². The van der Waals surface area contributed by atoms with Gasteiger partial charge >= 0.3 is 0 Å². The van der Waals surface area contributed by atoms with Crippen LogP contribution in [-0.4, -0.2) is 34.3 Å². The normalized spacial score (nSPS) is 15.3. The summed E-state index contributed by atoms with van der Waals surface area (Å²) in [5.74, 6) is 1.65. The SMILES string of the molecule is CNCC(C)C(=O)Nc1ccc(Cl)c(-c2nnc3n2CCCCC3)c1. The Morgan fingerprint density at radius 2 is 2.16 bits per heavy atom. The molecule has 134 valence electrons. The lowest BCUT2D eigenvalue weighted by atomic mass is 10.1. The monoisotopic (exact) mass is 361 g/mol. The van der Waals surface area contributed by atoms with Gasteiger partial charge in [-0.15, -0.1) is 10.2 Å². The van der Waals surface area contributed by atoms with E-state index in [4.69, 9.17) is 11.6 Å². The highest BCUT2D eigenvalue weighted by molar-refractivity contribution is 6.33. The van der Waals surface area contributed by atoms with Gasteiger partial charge < -0.3 is 15.2 Å². The van der Waals surface area contributed by atoms with Crippen molar-refractivity contribution in [1.29, 1.82) is 0 Å². The van der Waals surface area contributed by atoms with Crippen LogP contribution in [0.3, 0.4) is 0 Å². The fourth-order valence-corrected chi connectivity index (χ4v) is 3.33. The van der Waals surface area contributed by atoms with Crippen LogP contribution in [-0.2, 0) is 17.8 Å². The molecule has 1 atom stereocenters. The van der Waals surface area contributed by atoms with Crippen molar-refractivity contribution in [2.75, 3.05) is 18.9 Å². The minimum Gasteiger partial charge on any atom is -0.326 e. The predicted molar refractivity (Wildman–Crippen MR) is 99.7 cm³/mol. The Morgan fingerprint density at radius 1 is 1.32 bits per heavy atom. The Bertz CT molecular complexity index is 758. The number of aromatic nitrogens is 3. The molecule has 0 saturated carbocycles. The largest absolute Gasteiger partial charge is 0.326 e. The van der Waals surface area contributed by atoms with Gasteiger partial charge in [-0.1, -0.05) is 24.9 Å². The molecule has 1 aromatic carbocycles. The maximum atomic E-state index is 12.2. The summed E-state index contributed by atoms with van der Waals surface area (Å²) in [4.78, 5) is 12.2. The van der Waals surface area contributed by atoms with E-state index in [0.29, 0.717) is 11.6 Å². The predicted octanol–water partition coefficient (Wildman–Crippen LogP) is 3.12. The fourth-order valence-electron chi connectivity index (χ4n) is 3.12. The molecule has 1 aliphatic rings. The quantitative estimate of drug-likeness (QED) is 0.858. The Morgan fingerprint density at radius 3 is 2.96 bits per heavy atom. The average Bonchev–Trinajstić information content (AvgIpc) is 2.84. The van der Waals surface area contributed by atoms with Gasteiger partial charge in [-0.25, -0.2) is 0 Å². The second-order valence-electron chi connectivity index (χ2n) is 6.54. The third kappa shape index (κ3) is 4.02. The summed E-state index contributed by atoms with van der Waals surface area (Å²) in [5, 5.41) is 15.3. The molecule has 2 N–H and O–H groups in total. The van der Waals surface area contributed by atoms with Crippen LogP contribution in [0.5, 0.6) is 0 Å². The number of hydrogen-bond acceptors (Lipinski definition) is 4. The first kappa shape index (κ1) is 17.9. The molecule has 7 heteroatoms. The van der Waals surface area contributed by atoms with Crippen LogP contribution < -0.4 is 10.6 Å². The van der Waals surface area contributed by atoms with Crippen molar-refractivity contribution in [3.05, 3.63) is 29.0 Å². The Hall–Kier alpha value is -1.92. The van der Waals surface area contributed by atoms with Crippen molar-refractivity contribution >= 4 is 23.2 Å². The lowest BCUT2D eigenvalue weighted by molar-refractivity contribution is -0.119. The molecule has 1 aliphatic heterocycles. The first-order valence-electron chi connectivity index (χ1n) is 8.77. The van der Waals surface area contributed by atoms with Crippen LogP contribution >= 0.6 is 11.6 Å². The van der Waals surface area contributed by atoms with E-state index < -0.39 is 0 Å². The number of fused-ring (bicyclic) bond motifs is 1. The zero-order chi connectivity index (χ0) is 17.8. The molecule has 6 nitrogen and oxygen atoms in total. The molecule has 1 aromatic heterocycles. The second-order valence-corrected chi connectivity index (χ2v) is 6.95. The summed E-state index contributed by atoms with van der Waals surface area (Å²) in [7, 11) is 1.83. The first-order valence-corrected chi connectivity index (χ1v) is 9.15. The maximum absolute atomic E-state index is 12.2. The van der Waals surface area contributed by atoms with Crippen LogP contribution in [0.2, 0.25) is 5.02 Å². The molecule has 0 spiro atoms. The lowest BCUT2D eigenvalue weighted by Crippen LogP contribution is -2.28. The molecule has 0 radical (unpaired) electrons. The number of carbonyl (C=O) groups is 1. The van der Waals surface area contributed by atoms with Gasteiger partial charge in [0.15, 0.2) is 5.82 Å². The molecule has 1 amide bonds. The van der Waals surface area contributed by atoms with Crippen LogP contribution in [0.15, 0.2) is 18.2 Å². The fraction of sp³-hybridized carbons (Fsp3) is 0.500. The molecule has 0 saturated heterocycles. The highest BCUT2D eigenvalue weighted by Gasteiger charge is 2.19. The summed E-state index contributed by atoms with van der Waals surface area (Å²) >= 11 is 6.42. The number of anilines is 1. The second kappa shape index (κ2) is 7.97. The number of rotatable bonds is 5. The van der Waals surface area contributed by atoms with Gasteiger partial charge in [0.2, 0.25) is 5.91 Å². The van der Waals surface area contributed by atoms with E-state index in [2.05, 4.69) is 25.4 Å². The summed E-state index contributed by atoms with van der Waals surface area (Å²) in [5.41, 5.74) is 1.53. The van der Waals surface area contributed by atoms with E-state index in [1.807, 2.05) is 26.1 Å². The van der Waals surface area contributed by atoms with E-state index in [9.17, 15) is 4.79 Å². The average molecular weight is 362 g/mol. The van der Waals surface area contributed by atoms with E-state index in [0.717, 1.165) is 48.7 Å². The summed E-state index contributed by atoms with van der Waals surface area (Å²) in [6.45, 7) is 3.43. The van der Waals surface area contributed by atoms with Gasteiger partial charge in [0, 0.05) is 36.7 Å².